The number of alkyl halides is 3. The maximum Gasteiger partial charge on any atom is 0.405 e. The second-order valence-corrected chi connectivity index (χ2v) is 7.72. The van der Waals surface area contributed by atoms with Gasteiger partial charge in [0.05, 0.1) is 17.6 Å². The molecule has 0 aliphatic carbocycles. The van der Waals surface area contributed by atoms with Gasteiger partial charge in [-0.3, -0.25) is 19.8 Å². The van der Waals surface area contributed by atoms with Crippen LogP contribution < -0.4 is 5.32 Å². The lowest BCUT2D eigenvalue weighted by Crippen LogP contribution is -2.32. The molecule has 7 nitrogen and oxygen atoms in total. The normalized spacial score (nSPS) is 14.8. The quantitative estimate of drug-likeness (QED) is 0.580. The highest BCUT2D eigenvalue weighted by Crippen LogP contribution is 2.24. The van der Waals surface area contributed by atoms with Crippen LogP contribution in [0.25, 0.3) is 12.3 Å². The van der Waals surface area contributed by atoms with Gasteiger partial charge >= 0.3 is 6.18 Å². The van der Waals surface area contributed by atoms with Crippen LogP contribution in [0.5, 0.6) is 0 Å². The number of allylic oxidation sites excluding steroid dienone is 1. The number of rotatable bonds is 7. The van der Waals surface area contributed by atoms with Gasteiger partial charge in [-0.25, -0.2) is 4.98 Å². The minimum absolute atomic E-state index is 0.0129. The summed E-state index contributed by atoms with van der Waals surface area (Å²) in [7, 11) is 0. The molecule has 10 heteroatoms. The molecular weight excluding hydrogens is 433 g/mol. The number of halogens is 3. The highest BCUT2D eigenvalue weighted by Gasteiger charge is 2.28. The Hall–Kier alpha value is -3.43. The summed E-state index contributed by atoms with van der Waals surface area (Å²) in [6.07, 6.45) is 7.03. The monoisotopic (exact) mass is 460 g/mol. The molecule has 0 bridgehead atoms. The molecule has 2 N–H and O–H groups in total. The van der Waals surface area contributed by atoms with Crippen LogP contribution in [-0.2, 0) is 0 Å². The van der Waals surface area contributed by atoms with Gasteiger partial charge in [-0.2, -0.15) is 13.2 Å². The van der Waals surface area contributed by atoms with Crippen LogP contribution in [0.15, 0.2) is 31.1 Å². The summed E-state index contributed by atoms with van der Waals surface area (Å²) in [5, 5.41) is 11.0. The number of hydrogen-bond acceptors (Lipinski definition) is 5. The third-order valence-corrected chi connectivity index (χ3v) is 5.33. The number of nitrogens with zero attached hydrogens (tertiary/aromatic N) is 4. The van der Waals surface area contributed by atoms with Gasteiger partial charge in [0.1, 0.15) is 18.1 Å². The fourth-order valence-electron chi connectivity index (χ4n) is 3.70. The molecule has 2 aromatic heterocycles. The molecule has 2 aromatic rings. The zero-order valence-electron chi connectivity index (χ0n) is 18.5. The van der Waals surface area contributed by atoms with Gasteiger partial charge in [-0.05, 0) is 31.9 Å². The van der Waals surface area contributed by atoms with Crippen LogP contribution in [0.2, 0.25) is 0 Å². The molecule has 176 valence electrons. The van der Waals surface area contributed by atoms with Crippen LogP contribution in [0.1, 0.15) is 60.2 Å². The maximum atomic E-state index is 13.0. The smallest absolute Gasteiger partial charge is 0.376 e. The lowest BCUT2D eigenvalue weighted by molar-refractivity contribution is -0.115. The first-order valence-corrected chi connectivity index (χ1v) is 10.8. The molecule has 1 fully saturated rings. The first kappa shape index (κ1) is 24.2. The number of nitrogens with one attached hydrogen (secondary N) is 2. The average Bonchev–Trinajstić information content (AvgIpc) is 3.00. The van der Waals surface area contributed by atoms with Crippen LogP contribution in [0.3, 0.4) is 0 Å². The molecule has 33 heavy (non-hydrogen) atoms. The third-order valence-electron chi connectivity index (χ3n) is 5.33. The lowest BCUT2D eigenvalue weighted by Gasteiger charge is -2.21. The molecule has 1 saturated heterocycles. The molecule has 0 aromatic carbocycles. The van der Waals surface area contributed by atoms with E-state index >= 15 is 0 Å². The van der Waals surface area contributed by atoms with E-state index in [1.165, 1.54) is 24.5 Å². The fourth-order valence-corrected chi connectivity index (χ4v) is 3.70. The zero-order chi connectivity index (χ0) is 24.0. The van der Waals surface area contributed by atoms with E-state index in [1.807, 2.05) is 0 Å². The predicted octanol–water partition coefficient (Wildman–Crippen LogP) is 4.82. The van der Waals surface area contributed by atoms with E-state index in [2.05, 4.69) is 21.9 Å². The summed E-state index contributed by atoms with van der Waals surface area (Å²) in [5.41, 5.74) is 0.463. The standard InChI is InChI=1S/C23H27F3N6O/c1-3-9-32-19(14-29-20(32)4-2)21(27)16-13-28-18(12-17(16)30-15-23(24,25)26)22(33)31-10-7-5-6-8-11-31/h3-4,9,12-14,27H,2,5-8,10-11,15H2,1H3,(H,28,30)/b9-3-,27-21?. The second-order valence-electron chi connectivity index (χ2n) is 7.72. The molecule has 0 atom stereocenters. The van der Waals surface area contributed by atoms with E-state index in [0.717, 1.165) is 25.7 Å². The van der Waals surface area contributed by atoms with Crippen molar-refractivity contribution in [2.24, 2.45) is 0 Å². The molecule has 3 rings (SSSR count). The number of carbonyl (C=O) groups excluding carboxylic acids is 1. The Morgan fingerprint density at radius 3 is 2.52 bits per heavy atom. The summed E-state index contributed by atoms with van der Waals surface area (Å²) in [6.45, 7) is 5.37. The number of likely N-dealkylation sites (tertiary alicyclic amines) is 1. The largest absolute Gasteiger partial charge is 0.405 e. The lowest BCUT2D eigenvalue weighted by atomic mass is 10.1. The summed E-state index contributed by atoms with van der Waals surface area (Å²) >= 11 is 0. The average molecular weight is 461 g/mol. The van der Waals surface area contributed by atoms with Gasteiger partial charge in [-0.1, -0.05) is 25.5 Å². The highest BCUT2D eigenvalue weighted by molar-refractivity contribution is 6.13. The number of anilines is 1. The first-order chi connectivity index (χ1) is 15.7. The Labute approximate surface area is 190 Å². The predicted molar refractivity (Wildman–Crippen MR) is 122 cm³/mol. The van der Waals surface area contributed by atoms with Crippen molar-refractivity contribution in [2.75, 3.05) is 25.0 Å². The van der Waals surface area contributed by atoms with Crippen LogP contribution in [-0.4, -0.2) is 56.9 Å². The minimum atomic E-state index is -4.47. The topological polar surface area (TPSA) is 86.9 Å². The first-order valence-electron chi connectivity index (χ1n) is 10.8. The Morgan fingerprint density at radius 1 is 1.21 bits per heavy atom. The van der Waals surface area contributed by atoms with Crippen molar-refractivity contribution in [2.45, 2.75) is 38.8 Å². The van der Waals surface area contributed by atoms with Gasteiger partial charge in [0.15, 0.2) is 0 Å². The summed E-state index contributed by atoms with van der Waals surface area (Å²) in [4.78, 5) is 23.1. The van der Waals surface area contributed by atoms with Crippen molar-refractivity contribution < 1.29 is 18.0 Å². The fraction of sp³-hybridized carbons (Fsp3) is 0.391. The van der Waals surface area contributed by atoms with Gasteiger partial charge < -0.3 is 10.2 Å². The molecule has 1 amide bonds. The van der Waals surface area contributed by atoms with Crippen molar-refractivity contribution in [3.63, 3.8) is 0 Å². The Morgan fingerprint density at radius 2 is 1.91 bits per heavy atom. The van der Waals surface area contributed by atoms with Crippen molar-refractivity contribution in [3.8, 4) is 0 Å². The molecular formula is C23H27F3N6O. The number of hydrogen-bond donors (Lipinski definition) is 2. The summed E-state index contributed by atoms with van der Waals surface area (Å²) in [6, 6.07) is 1.30. The Balaban J connectivity index is 2.00. The third kappa shape index (κ3) is 5.88. The van der Waals surface area contributed by atoms with E-state index in [0.29, 0.717) is 24.6 Å². The number of aromatic nitrogens is 3. The summed E-state index contributed by atoms with van der Waals surface area (Å²) < 4.78 is 40.5. The van der Waals surface area contributed by atoms with Crippen molar-refractivity contribution in [1.82, 2.24) is 19.4 Å². The van der Waals surface area contributed by atoms with E-state index in [9.17, 15) is 18.0 Å². The Kier molecular flexibility index (Phi) is 7.67. The van der Waals surface area contributed by atoms with Crippen LogP contribution in [0, 0.1) is 5.41 Å². The maximum absolute atomic E-state index is 13.0. The second kappa shape index (κ2) is 10.5. The highest BCUT2D eigenvalue weighted by atomic mass is 19.4. The van der Waals surface area contributed by atoms with E-state index in [-0.39, 0.29) is 28.6 Å². The van der Waals surface area contributed by atoms with Gasteiger partial charge in [0.2, 0.25) is 0 Å². The molecule has 0 saturated carbocycles. The minimum Gasteiger partial charge on any atom is -0.376 e. The van der Waals surface area contributed by atoms with E-state index in [1.54, 1.807) is 28.7 Å². The van der Waals surface area contributed by atoms with Gasteiger partial charge in [0, 0.05) is 36.7 Å². The van der Waals surface area contributed by atoms with E-state index in [4.69, 9.17) is 5.41 Å². The number of carbonyl (C=O) groups is 1. The summed E-state index contributed by atoms with van der Waals surface area (Å²) in [5.74, 6) is 0.163. The van der Waals surface area contributed by atoms with Crippen molar-refractivity contribution in [3.05, 3.63) is 53.9 Å². The molecule has 0 unspecified atom stereocenters. The number of amides is 1. The number of imidazole rings is 1. The molecule has 0 spiro atoms. The van der Waals surface area contributed by atoms with Crippen LogP contribution >= 0.6 is 0 Å². The molecule has 0 radical (unpaired) electrons. The molecule has 3 heterocycles. The van der Waals surface area contributed by atoms with Crippen molar-refractivity contribution in [1.29, 1.82) is 5.41 Å². The van der Waals surface area contributed by atoms with Gasteiger partial charge in [-0.15, -0.1) is 0 Å². The molecule has 1 aliphatic heterocycles. The van der Waals surface area contributed by atoms with Crippen LogP contribution in [0.4, 0.5) is 18.9 Å². The Bertz CT molecular complexity index is 1050. The SMILES string of the molecule is C=Cc1ncc(C(=N)c2cnc(C(=O)N3CCCCCC3)cc2NCC(F)(F)F)n1/C=C\C. The van der Waals surface area contributed by atoms with Gasteiger partial charge in [0.25, 0.3) is 5.91 Å². The number of pyridine rings is 1. The van der Waals surface area contributed by atoms with Crippen molar-refractivity contribution >= 4 is 29.6 Å². The zero-order valence-corrected chi connectivity index (χ0v) is 18.5. The molecule has 1 aliphatic rings. The van der Waals surface area contributed by atoms with E-state index < -0.39 is 12.7 Å².